The number of aliphatic carboxylic acids is 2. The van der Waals surface area contributed by atoms with Crippen molar-refractivity contribution in [3.63, 3.8) is 0 Å². The minimum atomic E-state index is -1.09. The van der Waals surface area contributed by atoms with Gasteiger partial charge in [-0.1, -0.05) is 27.7 Å². The highest BCUT2D eigenvalue weighted by atomic mass is 16.4. The van der Waals surface area contributed by atoms with Crippen LogP contribution in [0.2, 0.25) is 0 Å². The van der Waals surface area contributed by atoms with Gasteiger partial charge >= 0.3 is 11.9 Å². The van der Waals surface area contributed by atoms with Gasteiger partial charge in [0.25, 0.3) is 0 Å². The van der Waals surface area contributed by atoms with Crippen molar-refractivity contribution in [3.05, 3.63) is 0 Å². The van der Waals surface area contributed by atoms with Crippen LogP contribution in [0, 0.1) is 23.2 Å². The Labute approximate surface area is 112 Å². The molecule has 0 saturated heterocycles. The molecule has 1 saturated carbocycles. The molecule has 0 aliphatic heterocycles. The van der Waals surface area contributed by atoms with Gasteiger partial charge in [0.15, 0.2) is 0 Å². The SMILES string of the molecule is CC(C)C[C@H](NC(=O)[C@@H]1[C@H](C(=O)O)C1(C)C)C(=O)O. The number of nitrogens with one attached hydrogen (secondary N) is 1. The smallest absolute Gasteiger partial charge is 0.326 e. The van der Waals surface area contributed by atoms with Gasteiger partial charge in [-0.25, -0.2) is 4.79 Å². The first-order valence-corrected chi connectivity index (χ1v) is 6.35. The molecule has 0 radical (unpaired) electrons. The number of hydrogen-bond acceptors (Lipinski definition) is 3. The molecule has 1 aliphatic rings. The highest BCUT2D eigenvalue weighted by molar-refractivity contribution is 5.93. The quantitative estimate of drug-likeness (QED) is 0.667. The van der Waals surface area contributed by atoms with E-state index >= 15 is 0 Å². The van der Waals surface area contributed by atoms with Crippen LogP contribution in [0.1, 0.15) is 34.1 Å². The van der Waals surface area contributed by atoms with E-state index in [0.717, 1.165) is 0 Å². The van der Waals surface area contributed by atoms with Crippen molar-refractivity contribution in [3.8, 4) is 0 Å². The van der Waals surface area contributed by atoms with Crippen molar-refractivity contribution in [1.29, 1.82) is 0 Å². The molecule has 0 aromatic carbocycles. The molecule has 6 nitrogen and oxygen atoms in total. The Kier molecular flexibility index (Phi) is 4.22. The second kappa shape index (κ2) is 5.19. The van der Waals surface area contributed by atoms with E-state index in [1.54, 1.807) is 13.8 Å². The summed E-state index contributed by atoms with van der Waals surface area (Å²) in [4.78, 5) is 34.0. The number of amides is 1. The summed E-state index contributed by atoms with van der Waals surface area (Å²) in [5.41, 5.74) is -0.614. The molecule has 1 fully saturated rings. The standard InChI is InChI=1S/C13H21NO5/c1-6(2)5-7(11(16)17)14-10(15)8-9(12(18)19)13(8,3)4/h6-9H,5H2,1-4H3,(H,14,15)(H,16,17)(H,18,19)/t7-,8-,9+/m0/s1. The fraction of sp³-hybridized carbons (Fsp3) is 0.769. The molecule has 1 amide bonds. The molecule has 19 heavy (non-hydrogen) atoms. The third-order valence-electron chi connectivity index (χ3n) is 3.70. The maximum absolute atomic E-state index is 12.0. The van der Waals surface area contributed by atoms with Gasteiger partial charge < -0.3 is 15.5 Å². The van der Waals surface area contributed by atoms with Crippen molar-refractivity contribution >= 4 is 17.8 Å². The lowest BCUT2D eigenvalue weighted by molar-refractivity contribution is -0.143. The average molecular weight is 271 g/mol. The predicted octanol–water partition coefficient (Wildman–Crippen LogP) is 0.959. The number of rotatable bonds is 6. The lowest BCUT2D eigenvalue weighted by Crippen LogP contribution is -2.43. The minimum Gasteiger partial charge on any atom is -0.481 e. The Morgan fingerprint density at radius 3 is 2.00 bits per heavy atom. The van der Waals surface area contributed by atoms with Crippen molar-refractivity contribution < 1.29 is 24.6 Å². The molecule has 0 aromatic rings. The topological polar surface area (TPSA) is 104 Å². The molecule has 108 valence electrons. The molecule has 6 heteroatoms. The van der Waals surface area contributed by atoms with E-state index in [1.165, 1.54) is 0 Å². The van der Waals surface area contributed by atoms with Gasteiger partial charge in [-0.15, -0.1) is 0 Å². The zero-order chi connectivity index (χ0) is 15.0. The van der Waals surface area contributed by atoms with Gasteiger partial charge in [0.05, 0.1) is 11.8 Å². The van der Waals surface area contributed by atoms with Gasteiger partial charge in [-0.2, -0.15) is 0 Å². The lowest BCUT2D eigenvalue weighted by Gasteiger charge is -2.16. The second-order valence-corrected chi connectivity index (χ2v) is 6.14. The molecule has 3 N–H and O–H groups in total. The molecular formula is C13H21NO5. The van der Waals surface area contributed by atoms with Crippen molar-refractivity contribution in [2.75, 3.05) is 0 Å². The minimum absolute atomic E-state index is 0.129. The molecule has 1 rings (SSSR count). The maximum atomic E-state index is 12.0. The van der Waals surface area contributed by atoms with E-state index in [9.17, 15) is 14.4 Å². The highest BCUT2D eigenvalue weighted by Gasteiger charge is 2.66. The van der Waals surface area contributed by atoms with Crippen LogP contribution in [-0.2, 0) is 14.4 Å². The number of carboxylic acid groups (broad SMARTS) is 2. The summed E-state index contributed by atoms with van der Waals surface area (Å²) in [6.45, 7) is 7.13. The summed E-state index contributed by atoms with van der Waals surface area (Å²) in [7, 11) is 0. The number of carbonyl (C=O) groups is 3. The first-order chi connectivity index (χ1) is 8.59. The van der Waals surface area contributed by atoms with Crippen LogP contribution in [0.15, 0.2) is 0 Å². The average Bonchev–Trinajstić information content (AvgIpc) is 2.79. The Morgan fingerprint density at radius 1 is 1.16 bits per heavy atom. The summed E-state index contributed by atoms with van der Waals surface area (Å²) >= 11 is 0. The monoisotopic (exact) mass is 271 g/mol. The van der Waals surface area contributed by atoms with E-state index in [1.807, 2.05) is 13.8 Å². The first kappa shape index (κ1) is 15.5. The van der Waals surface area contributed by atoms with E-state index in [-0.39, 0.29) is 5.92 Å². The van der Waals surface area contributed by atoms with Gasteiger partial charge in [0, 0.05) is 0 Å². The second-order valence-electron chi connectivity index (χ2n) is 6.14. The zero-order valence-corrected chi connectivity index (χ0v) is 11.6. The Balaban J connectivity index is 2.69. The summed E-state index contributed by atoms with van der Waals surface area (Å²) in [5.74, 6) is -3.84. The fourth-order valence-electron chi connectivity index (χ4n) is 2.54. The normalized spacial score (nSPS) is 25.7. The third-order valence-corrected chi connectivity index (χ3v) is 3.70. The zero-order valence-electron chi connectivity index (χ0n) is 11.6. The van der Waals surface area contributed by atoms with Crippen LogP contribution >= 0.6 is 0 Å². The van der Waals surface area contributed by atoms with Crippen LogP contribution in [0.5, 0.6) is 0 Å². The van der Waals surface area contributed by atoms with Crippen LogP contribution in [-0.4, -0.2) is 34.1 Å². The Morgan fingerprint density at radius 2 is 1.68 bits per heavy atom. The van der Waals surface area contributed by atoms with Gasteiger partial charge in [0.2, 0.25) is 5.91 Å². The third kappa shape index (κ3) is 3.24. The van der Waals surface area contributed by atoms with E-state index in [4.69, 9.17) is 10.2 Å². The van der Waals surface area contributed by atoms with Crippen molar-refractivity contribution in [2.24, 2.45) is 23.2 Å². The molecule has 3 atom stereocenters. The first-order valence-electron chi connectivity index (χ1n) is 6.35. The number of carbonyl (C=O) groups excluding carboxylic acids is 1. The van der Waals surface area contributed by atoms with E-state index < -0.39 is 41.1 Å². The van der Waals surface area contributed by atoms with Crippen LogP contribution < -0.4 is 5.32 Å². The number of hydrogen-bond donors (Lipinski definition) is 3. The highest BCUT2D eigenvalue weighted by Crippen LogP contribution is 2.58. The summed E-state index contributed by atoms with van der Waals surface area (Å²) < 4.78 is 0. The molecule has 0 unspecified atom stereocenters. The predicted molar refractivity (Wildman–Crippen MR) is 67.4 cm³/mol. The Hall–Kier alpha value is -1.59. The van der Waals surface area contributed by atoms with Crippen LogP contribution in [0.3, 0.4) is 0 Å². The van der Waals surface area contributed by atoms with E-state index in [2.05, 4.69) is 5.32 Å². The number of carboxylic acids is 2. The summed E-state index contributed by atoms with van der Waals surface area (Å²) in [6, 6.07) is -0.960. The van der Waals surface area contributed by atoms with Gasteiger partial charge in [0.1, 0.15) is 6.04 Å². The molecule has 0 bridgehead atoms. The summed E-state index contributed by atoms with van der Waals surface area (Å²) in [6.07, 6.45) is 0.325. The summed E-state index contributed by atoms with van der Waals surface area (Å²) in [5, 5.41) is 20.5. The largest absolute Gasteiger partial charge is 0.481 e. The van der Waals surface area contributed by atoms with Crippen molar-refractivity contribution in [2.45, 2.75) is 40.2 Å². The van der Waals surface area contributed by atoms with Gasteiger partial charge in [-0.05, 0) is 17.8 Å². The molecule has 0 aromatic heterocycles. The molecule has 0 heterocycles. The maximum Gasteiger partial charge on any atom is 0.326 e. The lowest BCUT2D eigenvalue weighted by atomic mass is 10.0. The Bertz CT molecular complexity index is 402. The molecule has 1 aliphatic carbocycles. The molecular weight excluding hydrogens is 250 g/mol. The van der Waals surface area contributed by atoms with Gasteiger partial charge in [-0.3, -0.25) is 9.59 Å². The van der Waals surface area contributed by atoms with Crippen molar-refractivity contribution in [1.82, 2.24) is 5.32 Å². The van der Waals surface area contributed by atoms with Crippen LogP contribution in [0.25, 0.3) is 0 Å². The molecule has 0 spiro atoms. The fourth-order valence-corrected chi connectivity index (χ4v) is 2.54. The van der Waals surface area contributed by atoms with Crippen LogP contribution in [0.4, 0.5) is 0 Å². The van der Waals surface area contributed by atoms with E-state index in [0.29, 0.717) is 6.42 Å².